The predicted octanol–water partition coefficient (Wildman–Crippen LogP) is -1.04. The largest absolute Gasteiger partial charge is 0.342 e. The summed E-state index contributed by atoms with van der Waals surface area (Å²) in [5.74, 6) is -0.231. The smallest absolute Gasteiger partial charge is 0.227 e. The summed E-state index contributed by atoms with van der Waals surface area (Å²) < 4.78 is 24.5. The maximum absolute atomic E-state index is 12.4. The van der Waals surface area contributed by atoms with E-state index in [4.69, 9.17) is 0 Å². The molecular formula is C12H21N3O4S. The second-order valence-corrected chi connectivity index (χ2v) is 7.41. The van der Waals surface area contributed by atoms with Gasteiger partial charge in [-0.3, -0.25) is 9.59 Å². The van der Waals surface area contributed by atoms with Crippen molar-refractivity contribution in [3.63, 3.8) is 0 Å². The van der Waals surface area contributed by atoms with E-state index in [0.29, 0.717) is 32.7 Å². The molecule has 2 rings (SSSR count). The fraction of sp³-hybridized carbons (Fsp3) is 0.833. The van der Waals surface area contributed by atoms with Crippen molar-refractivity contribution in [2.45, 2.75) is 12.8 Å². The van der Waals surface area contributed by atoms with Gasteiger partial charge in [-0.1, -0.05) is 0 Å². The summed E-state index contributed by atoms with van der Waals surface area (Å²) in [6.07, 6.45) is 3.44. The van der Waals surface area contributed by atoms with Gasteiger partial charge < -0.3 is 9.80 Å². The van der Waals surface area contributed by atoms with E-state index in [0.717, 1.165) is 19.3 Å². The summed E-state index contributed by atoms with van der Waals surface area (Å²) in [6.45, 7) is 2.96. The normalized spacial score (nSPS) is 25.6. The molecule has 2 aliphatic rings. The van der Waals surface area contributed by atoms with Gasteiger partial charge in [-0.25, -0.2) is 12.7 Å². The van der Waals surface area contributed by atoms with Crippen molar-refractivity contribution in [3.05, 3.63) is 0 Å². The Morgan fingerprint density at radius 2 is 1.80 bits per heavy atom. The third-order valence-electron chi connectivity index (χ3n) is 3.98. The molecule has 2 amide bonds. The van der Waals surface area contributed by atoms with Crippen molar-refractivity contribution in [2.75, 3.05) is 45.5 Å². The standard InChI is InChI=1S/C12H21N3O4S/c1-20(18,19)15-4-2-3-11(9-15)12(17)14-7-5-13(10-16)6-8-14/h10-11H,2-9H2,1H3. The zero-order valence-corrected chi connectivity index (χ0v) is 12.5. The molecule has 2 fully saturated rings. The molecule has 0 bridgehead atoms. The topological polar surface area (TPSA) is 78.0 Å². The Morgan fingerprint density at radius 1 is 1.15 bits per heavy atom. The molecule has 0 aliphatic carbocycles. The minimum absolute atomic E-state index is 0.0175. The van der Waals surface area contributed by atoms with Crippen LogP contribution in [0.15, 0.2) is 0 Å². The highest BCUT2D eigenvalue weighted by Crippen LogP contribution is 2.21. The zero-order valence-electron chi connectivity index (χ0n) is 11.7. The first-order valence-electron chi connectivity index (χ1n) is 6.85. The second kappa shape index (κ2) is 6.09. The molecule has 2 saturated heterocycles. The van der Waals surface area contributed by atoms with Crippen LogP contribution in [0.4, 0.5) is 0 Å². The Balaban J connectivity index is 1.94. The Bertz CT molecular complexity index is 471. The lowest BCUT2D eigenvalue weighted by atomic mass is 9.98. The van der Waals surface area contributed by atoms with Crippen LogP contribution < -0.4 is 0 Å². The van der Waals surface area contributed by atoms with E-state index in [1.54, 1.807) is 9.80 Å². The third kappa shape index (κ3) is 3.49. The van der Waals surface area contributed by atoms with Gasteiger partial charge in [0, 0.05) is 39.3 Å². The van der Waals surface area contributed by atoms with Gasteiger partial charge in [0.15, 0.2) is 0 Å². The first-order valence-corrected chi connectivity index (χ1v) is 8.70. The molecule has 0 saturated carbocycles. The molecule has 20 heavy (non-hydrogen) atoms. The number of hydrogen-bond acceptors (Lipinski definition) is 4. The number of rotatable bonds is 3. The van der Waals surface area contributed by atoms with E-state index in [-0.39, 0.29) is 18.4 Å². The minimum Gasteiger partial charge on any atom is -0.342 e. The molecule has 0 N–H and O–H groups in total. The number of nitrogens with zero attached hydrogens (tertiary/aromatic N) is 3. The van der Waals surface area contributed by atoms with E-state index in [2.05, 4.69) is 0 Å². The molecule has 0 radical (unpaired) electrons. The maximum Gasteiger partial charge on any atom is 0.227 e. The van der Waals surface area contributed by atoms with E-state index in [1.165, 1.54) is 10.6 Å². The molecule has 0 aromatic rings. The van der Waals surface area contributed by atoms with Crippen molar-refractivity contribution < 1.29 is 18.0 Å². The number of sulfonamides is 1. The Hall–Kier alpha value is -1.15. The van der Waals surface area contributed by atoms with Crippen LogP contribution in [-0.4, -0.2) is 80.4 Å². The maximum atomic E-state index is 12.4. The molecule has 2 heterocycles. The molecule has 0 aromatic carbocycles. The van der Waals surface area contributed by atoms with Gasteiger partial charge in [-0.15, -0.1) is 0 Å². The lowest BCUT2D eigenvalue weighted by Crippen LogP contribution is -2.52. The van der Waals surface area contributed by atoms with Crippen molar-refractivity contribution >= 4 is 22.3 Å². The Labute approximate surface area is 119 Å². The first kappa shape index (κ1) is 15.2. The van der Waals surface area contributed by atoms with E-state index < -0.39 is 10.0 Å². The number of piperazine rings is 1. The van der Waals surface area contributed by atoms with Crippen molar-refractivity contribution in [1.29, 1.82) is 0 Å². The van der Waals surface area contributed by atoms with E-state index in [1.807, 2.05) is 0 Å². The van der Waals surface area contributed by atoms with Gasteiger partial charge in [0.1, 0.15) is 0 Å². The Kier molecular flexibility index (Phi) is 4.64. The molecule has 0 spiro atoms. The monoisotopic (exact) mass is 303 g/mol. The van der Waals surface area contributed by atoms with Crippen LogP contribution in [-0.2, 0) is 19.6 Å². The molecule has 114 valence electrons. The lowest BCUT2D eigenvalue weighted by Gasteiger charge is -2.37. The van der Waals surface area contributed by atoms with Crippen LogP contribution in [0.25, 0.3) is 0 Å². The summed E-state index contributed by atoms with van der Waals surface area (Å²) in [4.78, 5) is 26.5. The van der Waals surface area contributed by atoms with Crippen molar-refractivity contribution in [1.82, 2.24) is 14.1 Å². The summed E-state index contributed by atoms with van der Waals surface area (Å²) in [6, 6.07) is 0. The third-order valence-corrected chi connectivity index (χ3v) is 5.25. The van der Waals surface area contributed by atoms with Crippen molar-refractivity contribution in [2.24, 2.45) is 5.92 Å². The average Bonchev–Trinajstić information content (AvgIpc) is 2.46. The highest BCUT2D eigenvalue weighted by molar-refractivity contribution is 7.88. The lowest BCUT2D eigenvalue weighted by molar-refractivity contribution is -0.140. The Morgan fingerprint density at radius 3 is 2.35 bits per heavy atom. The van der Waals surface area contributed by atoms with Gasteiger partial charge >= 0.3 is 0 Å². The molecule has 0 aromatic heterocycles. The molecule has 8 heteroatoms. The van der Waals surface area contributed by atoms with Crippen LogP contribution >= 0.6 is 0 Å². The van der Waals surface area contributed by atoms with Gasteiger partial charge in [0.25, 0.3) is 0 Å². The summed E-state index contributed by atoms with van der Waals surface area (Å²) >= 11 is 0. The molecule has 1 unspecified atom stereocenters. The average molecular weight is 303 g/mol. The summed E-state index contributed by atoms with van der Waals surface area (Å²) in [5.41, 5.74) is 0. The van der Waals surface area contributed by atoms with E-state index >= 15 is 0 Å². The molecule has 2 aliphatic heterocycles. The number of piperidine rings is 1. The first-order chi connectivity index (χ1) is 9.41. The van der Waals surface area contributed by atoms with Crippen LogP contribution in [0.1, 0.15) is 12.8 Å². The molecular weight excluding hydrogens is 282 g/mol. The van der Waals surface area contributed by atoms with Crippen molar-refractivity contribution in [3.8, 4) is 0 Å². The summed E-state index contributed by atoms with van der Waals surface area (Å²) in [7, 11) is -3.23. The number of hydrogen-bond donors (Lipinski definition) is 0. The summed E-state index contributed by atoms with van der Waals surface area (Å²) in [5, 5.41) is 0. The number of amides is 2. The second-order valence-electron chi connectivity index (χ2n) is 5.43. The predicted molar refractivity (Wildman–Crippen MR) is 73.4 cm³/mol. The van der Waals surface area contributed by atoms with Crippen LogP contribution in [0.3, 0.4) is 0 Å². The van der Waals surface area contributed by atoms with Crippen LogP contribution in [0.5, 0.6) is 0 Å². The minimum atomic E-state index is -3.23. The van der Waals surface area contributed by atoms with Gasteiger partial charge in [0.2, 0.25) is 22.3 Å². The van der Waals surface area contributed by atoms with Crippen LogP contribution in [0, 0.1) is 5.92 Å². The van der Waals surface area contributed by atoms with Gasteiger partial charge in [-0.2, -0.15) is 0 Å². The molecule has 7 nitrogen and oxygen atoms in total. The fourth-order valence-electron chi connectivity index (χ4n) is 2.75. The van der Waals surface area contributed by atoms with E-state index in [9.17, 15) is 18.0 Å². The number of carbonyl (C=O) groups excluding carboxylic acids is 2. The highest BCUT2D eigenvalue weighted by atomic mass is 32.2. The number of carbonyl (C=O) groups is 2. The van der Waals surface area contributed by atoms with Crippen LogP contribution in [0.2, 0.25) is 0 Å². The van der Waals surface area contributed by atoms with Gasteiger partial charge in [-0.05, 0) is 12.8 Å². The highest BCUT2D eigenvalue weighted by Gasteiger charge is 2.33. The zero-order chi connectivity index (χ0) is 14.8. The molecule has 1 atom stereocenters. The quantitative estimate of drug-likeness (QED) is 0.624. The fourth-order valence-corrected chi connectivity index (χ4v) is 3.66. The van der Waals surface area contributed by atoms with Gasteiger partial charge in [0.05, 0.1) is 12.2 Å². The SMILES string of the molecule is CS(=O)(=O)N1CCCC(C(=O)N2CCN(C=O)CC2)C1.